The Morgan fingerprint density at radius 3 is 2.81 bits per heavy atom. The van der Waals surface area contributed by atoms with E-state index in [1.54, 1.807) is 0 Å². The van der Waals surface area contributed by atoms with Crippen molar-refractivity contribution in [1.29, 1.82) is 0 Å². The fourth-order valence-electron chi connectivity index (χ4n) is 2.42. The van der Waals surface area contributed by atoms with Gasteiger partial charge in [-0.15, -0.1) is 0 Å². The third-order valence-corrected chi connectivity index (χ3v) is 4.33. The second kappa shape index (κ2) is 9.66. The SMILES string of the molecule is CN1CCCCC1CCNCCCCCI. The first-order chi connectivity index (χ1) is 7.84. The third-order valence-electron chi connectivity index (χ3n) is 3.56. The van der Waals surface area contributed by atoms with Crippen LogP contribution in [0.1, 0.15) is 44.9 Å². The molecule has 0 amide bonds. The molecule has 0 saturated carbocycles. The summed E-state index contributed by atoms with van der Waals surface area (Å²) in [5.41, 5.74) is 0. The standard InChI is InChI=1S/C13H27IN2/c1-16-12-6-3-7-13(16)8-11-15-10-5-2-4-9-14/h13,15H,2-12H2,1H3. The topological polar surface area (TPSA) is 15.3 Å². The summed E-state index contributed by atoms with van der Waals surface area (Å²) in [4.78, 5) is 2.54. The maximum Gasteiger partial charge on any atom is 0.0104 e. The van der Waals surface area contributed by atoms with Crippen molar-refractivity contribution in [3.63, 3.8) is 0 Å². The maximum atomic E-state index is 3.58. The van der Waals surface area contributed by atoms with Gasteiger partial charge in [0.05, 0.1) is 0 Å². The van der Waals surface area contributed by atoms with Crippen molar-refractivity contribution in [1.82, 2.24) is 10.2 Å². The maximum absolute atomic E-state index is 3.58. The molecule has 1 aliphatic rings. The first kappa shape index (κ1) is 14.7. The van der Waals surface area contributed by atoms with E-state index in [-0.39, 0.29) is 0 Å². The van der Waals surface area contributed by atoms with Crippen molar-refractivity contribution in [2.75, 3.05) is 31.1 Å². The molecular formula is C13H27IN2. The molecule has 0 spiro atoms. The zero-order chi connectivity index (χ0) is 11.6. The van der Waals surface area contributed by atoms with Gasteiger partial charge in [0.2, 0.25) is 0 Å². The van der Waals surface area contributed by atoms with Crippen LogP contribution in [0.25, 0.3) is 0 Å². The van der Waals surface area contributed by atoms with Gasteiger partial charge in [-0.2, -0.15) is 0 Å². The highest BCUT2D eigenvalue weighted by Gasteiger charge is 2.17. The summed E-state index contributed by atoms with van der Waals surface area (Å²) in [5.74, 6) is 0. The highest BCUT2D eigenvalue weighted by Crippen LogP contribution is 2.16. The van der Waals surface area contributed by atoms with E-state index in [2.05, 4.69) is 39.9 Å². The molecule has 2 nitrogen and oxygen atoms in total. The van der Waals surface area contributed by atoms with E-state index < -0.39 is 0 Å². The van der Waals surface area contributed by atoms with Crippen LogP contribution in [-0.4, -0.2) is 42.1 Å². The van der Waals surface area contributed by atoms with E-state index in [9.17, 15) is 0 Å². The summed E-state index contributed by atoms with van der Waals surface area (Å²) in [7, 11) is 2.28. The summed E-state index contributed by atoms with van der Waals surface area (Å²) in [6.07, 6.45) is 9.70. The molecular weight excluding hydrogens is 311 g/mol. The molecule has 0 radical (unpaired) electrons. The van der Waals surface area contributed by atoms with E-state index in [4.69, 9.17) is 0 Å². The van der Waals surface area contributed by atoms with Crippen LogP contribution in [0.3, 0.4) is 0 Å². The Morgan fingerprint density at radius 1 is 1.19 bits per heavy atom. The summed E-state index contributed by atoms with van der Waals surface area (Å²) in [6, 6.07) is 0.843. The van der Waals surface area contributed by atoms with E-state index in [1.165, 1.54) is 69.0 Å². The molecule has 0 bridgehead atoms. The summed E-state index contributed by atoms with van der Waals surface area (Å²) < 4.78 is 1.31. The van der Waals surface area contributed by atoms with Gasteiger partial charge in [-0.3, -0.25) is 0 Å². The normalized spacial score (nSPS) is 22.5. The number of alkyl halides is 1. The molecule has 0 aromatic carbocycles. The number of likely N-dealkylation sites (tertiary alicyclic amines) is 1. The minimum atomic E-state index is 0.843. The number of nitrogens with one attached hydrogen (secondary N) is 1. The Hall–Kier alpha value is 0.650. The molecule has 3 heteroatoms. The van der Waals surface area contributed by atoms with Gasteiger partial charge in [-0.25, -0.2) is 0 Å². The van der Waals surface area contributed by atoms with Crippen LogP contribution in [0.4, 0.5) is 0 Å². The van der Waals surface area contributed by atoms with E-state index in [0.29, 0.717) is 0 Å². The molecule has 0 aromatic heterocycles. The molecule has 1 fully saturated rings. The van der Waals surface area contributed by atoms with Gasteiger partial charge < -0.3 is 10.2 Å². The minimum absolute atomic E-state index is 0.843. The zero-order valence-corrected chi connectivity index (χ0v) is 12.8. The smallest absolute Gasteiger partial charge is 0.0104 e. The number of piperidine rings is 1. The Kier molecular flexibility index (Phi) is 8.88. The molecule has 0 aromatic rings. The second-order valence-electron chi connectivity index (χ2n) is 4.92. The number of halogens is 1. The molecule has 1 saturated heterocycles. The predicted octanol–water partition coefficient (Wildman–Crippen LogP) is 3.06. The molecule has 96 valence electrons. The van der Waals surface area contributed by atoms with Gasteiger partial charge in [0.15, 0.2) is 0 Å². The van der Waals surface area contributed by atoms with Gasteiger partial charge in [-0.05, 0) is 63.2 Å². The molecule has 1 aliphatic heterocycles. The number of nitrogens with zero attached hydrogens (tertiary/aromatic N) is 1. The van der Waals surface area contributed by atoms with Crippen molar-refractivity contribution in [2.45, 2.75) is 51.0 Å². The molecule has 1 rings (SSSR count). The summed E-state index contributed by atoms with van der Waals surface area (Å²) in [6.45, 7) is 3.73. The van der Waals surface area contributed by atoms with Crippen LogP contribution in [0, 0.1) is 0 Å². The van der Waals surface area contributed by atoms with Gasteiger partial charge in [0.25, 0.3) is 0 Å². The fraction of sp³-hybridized carbons (Fsp3) is 1.00. The lowest BCUT2D eigenvalue weighted by Crippen LogP contribution is -2.38. The quantitative estimate of drug-likeness (QED) is 0.416. The van der Waals surface area contributed by atoms with Crippen LogP contribution in [-0.2, 0) is 0 Å². The Balaban J connectivity index is 1.90. The van der Waals surface area contributed by atoms with Crippen molar-refractivity contribution in [3.8, 4) is 0 Å². The molecule has 16 heavy (non-hydrogen) atoms. The Labute approximate surface area is 115 Å². The van der Waals surface area contributed by atoms with Crippen molar-refractivity contribution in [2.24, 2.45) is 0 Å². The molecule has 1 N–H and O–H groups in total. The lowest BCUT2D eigenvalue weighted by Gasteiger charge is -2.32. The zero-order valence-electron chi connectivity index (χ0n) is 10.7. The second-order valence-corrected chi connectivity index (χ2v) is 6.00. The van der Waals surface area contributed by atoms with Crippen LogP contribution in [0.5, 0.6) is 0 Å². The van der Waals surface area contributed by atoms with Gasteiger partial charge in [0, 0.05) is 6.04 Å². The third kappa shape index (κ3) is 6.40. The highest BCUT2D eigenvalue weighted by molar-refractivity contribution is 14.1. The molecule has 1 atom stereocenters. The highest BCUT2D eigenvalue weighted by atomic mass is 127. The van der Waals surface area contributed by atoms with Gasteiger partial charge in [0.1, 0.15) is 0 Å². The van der Waals surface area contributed by atoms with Gasteiger partial charge in [-0.1, -0.05) is 35.4 Å². The van der Waals surface area contributed by atoms with Crippen molar-refractivity contribution >= 4 is 22.6 Å². The van der Waals surface area contributed by atoms with Crippen molar-refractivity contribution < 1.29 is 0 Å². The van der Waals surface area contributed by atoms with E-state index >= 15 is 0 Å². The molecule has 0 aliphatic carbocycles. The van der Waals surface area contributed by atoms with Crippen molar-refractivity contribution in [3.05, 3.63) is 0 Å². The number of rotatable bonds is 8. The first-order valence-electron chi connectivity index (χ1n) is 6.81. The molecule has 1 unspecified atom stereocenters. The lowest BCUT2D eigenvalue weighted by atomic mass is 10.0. The average molecular weight is 338 g/mol. The van der Waals surface area contributed by atoms with E-state index in [0.717, 1.165) is 6.04 Å². The number of hydrogen-bond donors (Lipinski definition) is 1. The molecule has 1 heterocycles. The summed E-state index contributed by atoms with van der Waals surface area (Å²) >= 11 is 2.46. The van der Waals surface area contributed by atoms with Crippen LogP contribution >= 0.6 is 22.6 Å². The Bertz CT molecular complexity index is 164. The first-order valence-corrected chi connectivity index (χ1v) is 8.34. The monoisotopic (exact) mass is 338 g/mol. The summed E-state index contributed by atoms with van der Waals surface area (Å²) in [5, 5.41) is 3.58. The fourth-order valence-corrected chi connectivity index (χ4v) is 2.96. The van der Waals surface area contributed by atoms with Gasteiger partial charge >= 0.3 is 0 Å². The number of unbranched alkanes of at least 4 members (excludes halogenated alkanes) is 2. The average Bonchev–Trinajstić information content (AvgIpc) is 2.30. The van der Waals surface area contributed by atoms with Crippen LogP contribution < -0.4 is 5.32 Å². The van der Waals surface area contributed by atoms with Crippen LogP contribution in [0.15, 0.2) is 0 Å². The minimum Gasteiger partial charge on any atom is -0.317 e. The number of hydrogen-bond acceptors (Lipinski definition) is 2. The lowest BCUT2D eigenvalue weighted by molar-refractivity contribution is 0.175. The van der Waals surface area contributed by atoms with E-state index in [1.807, 2.05) is 0 Å². The largest absolute Gasteiger partial charge is 0.317 e. The predicted molar refractivity (Wildman–Crippen MR) is 80.5 cm³/mol. The Morgan fingerprint density at radius 2 is 2.06 bits per heavy atom. The van der Waals surface area contributed by atoms with Crippen LogP contribution in [0.2, 0.25) is 0 Å².